The quantitative estimate of drug-likeness (QED) is 0.664. The van der Waals surface area contributed by atoms with E-state index in [0.717, 1.165) is 6.29 Å². The molecule has 2 N–H and O–H groups in total. The van der Waals surface area contributed by atoms with Gasteiger partial charge in [-0.3, -0.25) is 9.59 Å². The van der Waals surface area contributed by atoms with E-state index in [-0.39, 0.29) is 23.7 Å². The van der Waals surface area contributed by atoms with Crippen LogP contribution in [0.1, 0.15) is 41.0 Å². The van der Waals surface area contributed by atoms with Crippen molar-refractivity contribution in [2.24, 2.45) is 11.8 Å². The van der Waals surface area contributed by atoms with Gasteiger partial charge in [0.15, 0.2) is 0 Å². The zero-order valence-corrected chi connectivity index (χ0v) is 11.8. The summed E-state index contributed by atoms with van der Waals surface area (Å²) in [4.78, 5) is 33.9. The van der Waals surface area contributed by atoms with Crippen molar-refractivity contribution in [2.75, 3.05) is 0 Å². The summed E-state index contributed by atoms with van der Waals surface area (Å²) >= 11 is 0. The van der Waals surface area contributed by atoms with Crippen molar-refractivity contribution in [3.05, 3.63) is 0 Å². The van der Waals surface area contributed by atoms with Crippen molar-refractivity contribution < 1.29 is 14.4 Å². The van der Waals surface area contributed by atoms with Crippen molar-refractivity contribution in [3.63, 3.8) is 0 Å². The second kappa shape index (κ2) is 7.84. The number of hydrogen-bond acceptors (Lipinski definition) is 3. The lowest BCUT2D eigenvalue weighted by molar-refractivity contribution is -0.130. The lowest BCUT2D eigenvalue weighted by atomic mass is 10.0. The van der Waals surface area contributed by atoms with E-state index in [0.29, 0.717) is 6.42 Å². The highest BCUT2D eigenvalue weighted by atomic mass is 16.2. The summed E-state index contributed by atoms with van der Waals surface area (Å²) in [5.74, 6) is -0.238. The second-order valence-electron chi connectivity index (χ2n) is 5.30. The molecule has 0 rings (SSSR count). The first-order valence-corrected chi connectivity index (χ1v) is 6.30. The van der Waals surface area contributed by atoms with Crippen LogP contribution in [0, 0.1) is 11.8 Å². The van der Waals surface area contributed by atoms with Crippen molar-refractivity contribution in [1.82, 2.24) is 10.6 Å². The van der Waals surface area contributed by atoms with Gasteiger partial charge in [0.2, 0.25) is 11.8 Å². The lowest BCUT2D eigenvalue weighted by Gasteiger charge is -2.23. The third kappa shape index (κ3) is 6.37. The fourth-order valence-corrected chi connectivity index (χ4v) is 1.57. The largest absolute Gasteiger partial charge is 0.345 e. The molecule has 0 spiro atoms. The predicted octanol–water partition coefficient (Wildman–Crippen LogP) is 0.877. The van der Waals surface area contributed by atoms with Gasteiger partial charge in [-0.2, -0.15) is 0 Å². The molecule has 0 aliphatic heterocycles. The third-order valence-electron chi connectivity index (χ3n) is 2.57. The third-order valence-corrected chi connectivity index (χ3v) is 2.57. The molecule has 104 valence electrons. The molecule has 0 aliphatic carbocycles. The first-order valence-electron chi connectivity index (χ1n) is 6.30. The van der Waals surface area contributed by atoms with Gasteiger partial charge in [-0.25, -0.2) is 0 Å². The Morgan fingerprint density at radius 1 is 1.11 bits per heavy atom. The maximum Gasteiger partial charge on any atom is 0.243 e. The molecule has 18 heavy (non-hydrogen) atoms. The van der Waals surface area contributed by atoms with Gasteiger partial charge in [-0.05, 0) is 18.3 Å². The molecule has 0 bridgehead atoms. The molecule has 0 aromatic rings. The number of hydrogen-bond donors (Lipinski definition) is 2. The molecule has 2 atom stereocenters. The summed E-state index contributed by atoms with van der Waals surface area (Å²) < 4.78 is 0. The standard InChI is InChI=1S/C13H24N2O3/c1-8(2)6-11(14-10(5)17)13(18)15-12(7-16)9(3)4/h7-9,11-12H,6H2,1-5H3,(H,14,17)(H,15,18). The number of rotatable bonds is 7. The van der Waals surface area contributed by atoms with Crippen LogP contribution in [-0.4, -0.2) is 30.2 Å². The summed E-state index contributed by atoms with van der Waals surface area (Å²) in [7, 11) is 0. The summed E-state index contributed by atoms with van der Waals surface area (Å²) in [5, 5.41) is 5.27. The number of carbonyl (C=O) groups is 3. The number of aldehydes is 1. The zero-order chi connectivity index (χ0) is 14.3. The number of carbonyl (C=O) groups excluding carboxylic acids is 3. The Bertz CT molecular complexity index is 301. The monoisotopic (exact) mass is 256 g/mol. The molecule has 2 amide bonds. The molecule has 5 nitrogen and oxygen atoms in total. The van der Waals surface area contributed by atoms with Gasteiger partial charge < -0.3 is 15.4 Å². The Morgan fingerprint density at radius 2 is 1.67 bits per heavy atom. The van der Waals surface area contributed by atoms with E-state index in [1.807, 2.05) is 27.7 Å². The van der Waals surface area contributed by atoms with E-state index < -0.39 is 12.1 Å². The molecule has 0 aliphatic rings. The summed E-state index contributed by atoms with van der Waals surface area (Å²) in [5.41, 5.74) is 0. The van der Waals surface area contributed by atoms with Crippen LogP contribution in [0.3, 0.4) is 0 Å². The minimum Gasteiger partial charge on any atom is -0.345 e. The Morgan fingerprint density at radius 3 is 2.00 bits per heavy atom. The Kier molecular flexibility index (Phi) is 7.24. The minimum absolute atomic E-state index is 0.0310. The van der Waals surface area contributed by atoms with Gasteiger partial charge >= 0.3 is 0 Å². The molecule has 2 unspecified atom stereocenters. The molecule has 0 aromatic carbocycles. The van der Waals surface area contributed by atoms with Crippen LogP contribution in [0.15, 0.2) is 0 Å². The number of amides is 2. The molecular weight excluding hydrogens is 232 g/mol. The van der Waals surface area contributed by atoms with Crippen LogP contribution in [0.5, 0.6) is 0 Å². The van der Waals surface area contributed by atoms with Crippen molar-refractivity contribution in [1.29, 1.82) is 0 Å². The SMILES string of the molecule is CC(=O)NC(CC(C)C)C(=O)NC(C=O)C(C)C. The lowest BCUT2D eigenvalue weighted by Crippen LogP contribution is -2.51. The molecule has 5 heteroatoms. The minimum atomic E-state index is -0.580. The van der Waals surface area contributed by atoms with Crippen molar-refractivity contribution in [2.45, 2.75) is 53.1 Å². The molecule has 0 radical (unpaired) electrons. The van der Waals surface area contributed by atoms with E-state index in [2.05, 4.69) is 10.6 Å². The summed E-state index contributed by atoms with van der Waals surface area (Å²) in [6.45, 7) is 9.04. The fraction of sp³-hybridized carbons (Fsp3) is 0.769. The van der Waals surface area contributed by atoms with Crippen molar-refractivity contribution >= 4 is 18.1 Å². The van der Waals surface area contributed by atoms with Crippen LogP contribution < -0.4 is 10.6 Å². The molecular formula is C13H24N2O3. The Hall–Kier alpha value is -1.39. The van der Waals surface area contributed by atoms with Gasteiger partial charge in [-0.15, -0.1) is 0 Å². The van der Waals surface area contributed by atoms with E-state index >= 15 is 0 Å². The smallest absolute Gasteiger partial charge is 0.243 e. The van der Waals surface area contributed by atoms with Crippen LogP contribution in [-0.2, 0) is 14.4 Å². The molecule has 0 heterocycles. The van der Waals surface area contributed by atoms with Gasteiger partial charge in [-0.1, -0.05) is 27.7 Å². The highest BCUT2D eigenvalue weighted by Gasteiger charge is 2.24. The predicted molar refractivity (Wildman–Crippen MR) is 69.9 cm³/mol. The highest BCUT2D eigenvalue weighted by molar-refractivity contribution is 5.88. The Labute approximate surface area is 109 Å². The van der Waals surface area contributed by atoms with E-state index in [4.69, 9.17) is 0 Å². The number of nitrogens with one attached hydrogen (secondary N) is 2. The first-order chi connectivity index (χ1) is 8.27. The van der Waals surface area contributed by atoms with Gasteiger partial charge in [0.25, 0.3) is 0 Å². The normalized spacial score (nSPS) is 14.2. The maximum absolute atomic E-state index is 12.0. The highest BCUT2D eigenvalue weighted by Crippen LogP contribution is 2.06. The average molecular weight is 256 g/mol. The van der Waals surface area contributed by atoms with E-state index in [1.54, 1.807) is 0 Å². The van der Waals surface area contributed by atoms with Crippen molar-refractivity contribution in [3.8, 4) is 0 Å². The maximum atomic E-state index is 12.0. The Balaban J connectivity index is 4.63. The average Bonchev–Trinajstić information content (AvgIpc) is 2.22. The van der Waals surface area contributed by atoms with Gasteiger partial charge in [0.1, 0.15) is 12.3 Å². The topological polar surface area (TPSA) is 75.3 Å². The second-order valence-corrected chi connectivity index (χ2v) is 5.30. The van der Waals surface area contributed by atoms with Crippen LogP contribution in [0.4, 0.5) is 0 Å². The van der Waals surface area contributed by atoms with Crippen LogP contribution >= 0.6 is 0 Å². The van der Waals surface area contributed by atoms with Gasteiger partial charge in [0, 0.05) is 6.92 Å². The first kappa shape index (κ1) is 16.6. The van der Waals surface area contributed by atoms with Gasteiger partial charge in [0.05, 0.1) is 6.04 Å². The van der Waals surface area contributed by atoms with E-state index in [9.17, 15) is 14.4 Å². The fourth-order valence-electron chi connectivity index (χ4n) is 1.57. The van der Waals surface area contributed by atoms with Crippen LogP contribution in [0.2, 0.25) is 0 Å². The summed E-state index contributed by atoms with van der Waals surface area (Å²) in [6, 6.07) is -1.09. The summed E-state index contributed by atoms with van der Waals surface area (Å²) in [6.07, 6.45) is 1.28. The van der Waals surface area contributed by atoms with Crippen LogP contribution in [0.25, 0.3) is 0 Å². The molecule has 0 aromatic heterocycles. The zero-order valence-electron chi connectivity index (χ0n) is 11.8. The van der Waals surface area contributed by atoms with E-state index in [1.165, 1.54) is 6.92 Å². The molecule has 0 saturated carbocycles. The molecule has 0 saturated heterocycles. The molecule has 0 fully saturated rings.